The molecule has 8 rings (SSSR count). The molecule has 5 saturated heterocycles. The van der Waals surface area contributed by atoms with Crippen molar-refractivity contribution in [3.05, 3.63) is 0 Å². The minimum atomic E-state index is -0.989. The zero-order valence-corrected chi connectivity index (χ0v) is 13.6. The highest BCUT2D eigenvalue weighted by molar-refractivity contribution is 9.09. The Kier molecular flexibility index (Phi) is 1.58. The molecule has 114 valence electrons. The zero-order chi connectivity index (χ0) is 14.8. The molecule has 5 aliphatic heterocycles. The first-order chi connectivity index (χ1) is 9.76. The summed E-state index contributed by atoms with van der Waals surface area (Å²) < 4.78 is 18.6. The van der Waals surface area contributed by atoms with E-state index in [1.54, 1.807) is 0 Å². The van der Waals surface area contributed by atoms with Crippen molar-refractivity contribution in [3.8, 4) is 0 Å². The molecule has 6 heteroatoms. The van der Waals surface area contributed by atoms with E-state index in [-0.39, 0.29) is 29.6 Å². The minimum Gasteiger partial charge on any atom is -0.386 e. The van der Waals surface area contributed by atoms with Gasteiger partial charge in [-0.3, -0.25) is 4.79 Å². The van der Waals surface area contributed by atoms with E-state index >= 15 is 0 Å². The minimum absolute atomic E-state index is 0.00924. The predicted octanol–water partition coefficient (Wildman–Crippen LogP) is 0.414. The third kappa shape index (κ3) is 0.674. The van der Waals surface area contributed by atoms with E-state index in [4.69, 9.17) is 14.2 Å². The van der Waals surface area contributed by atoms with E-state index < -0.39 is 34.1 Å². The Balaban J connectivity index is 1.68. The van der Waals surface area contributed by atoms with E-state index in [1.807, 2.05) is 6.92 Å². The fraction of sp³-hybridized carbons (Fsp3) is 0.933. The van der Waals surface area contributed by atoms with Crippen LogP contribution in [0.25, 0.3) is 0 Å². The van der Waals surface area contributed by atoms with E-state index in [2.05, 4.69) is 29.8 Å². The quantitative estimate of drug-likeness (QED) is 0.689. The van der Waals surface area contributed by atoms with Gasteiger partial charge in [0.25, 0.3) is 0 Å². The van der Waals surface area contributed by atoms with Gasteiger partial charge in [0.05, 0.1) is 5.60 Å². The molecule has 10 atom stereocenters. The molecule has 7 unspecified atom stereocenters. The SMILES string of the molecule is CC1C2C3C4OC5(C)C(=O)[C@@H]6O[C@]45C6(O[C@]2(C)CBr)C13O. The van der Waals surface area contributed by atoms with Gasteiger partial charge in [-0.15, -0.1) is 0 Å². The smallest absolute Gasteiger partial charge is 0.199 e. The fourth-order valence-electron chi connectivity index (χ4n) is 7.16. The number of alkyl halides is 1. The van der Waals surface area contributed by atoms with Crippen LogP contribution in [0.2, 0.25) is 0 Å². The second kappa shape index (κ2) is 2.67. The highest BCUT2D eigenvalue weighted by atomic mass is 79.9. The molecule has 8 fully saturated rings. The van der Waals surface area contributed by atoms with Gasteiger partial charge in [0, 0.05) is 17.2 Å². The summed E-state index contributed by atoms with van der Waals surface area (Å²) in [4.78, 5) is 12.7. The first kappa shape index (κ1) is 12.4. The fourth-order valence-corrected chi connectivity index (χ4v) is 7.65. The van der Waals surface area contributed by atoms with Crippen molar-refractivity contribution < 1.29 is 24.1 Å². The third-order valence-electron chi connectivity index (χ3n) is 7.82. The number of fused-ring (bicyclic) bond motifs is 1. The van der Waals surface area contributed by atoms with Gasteiger partial charge < -0.3 is 19.3 Å². The van der Waals surface area contributed by atoms with E-state index in [0.717, 1.165) is 0 Å². The average molecular weight is 357 g/mol. The standard InChI is InChI=1S/C15H17BrO5/c1-5-6-7-9-14-12(3,19-9)8(17)10(20-14)15(14,13(5,7)18)21-11(6,2)4-16/h5-7,9-10,18H,4H2,1-3H3/t5?,6?,7?,9?,10-,11+,12?,13?,14+,15?/m0/s1. The van der Waals surface area contributed by atoms with Crippen molar-refractivity contribution in [2.24, 2.45) is 17.8 Å². The van der Waals surface area contributed by atoms with Crippen LogP contribution in [0.5, 0.6) is 0 Å². The zero-order valence-electron chi connectivity index (χ0n) is 12.1. The number of Topliss-reactive ketones (excluding diaryl/α,β-unsaturated/α-hetero) is 1. The molecule has 5 nitrogen and oxygen atoms in total. The molecular formula is C15H17BrO5. The van der Waals surface area contributed by atoms with Crippen LogP contribution in [-0.4, -0.2) is 56.4 Å². The van der Waals surface area contributed by atoms with Gasteiger partial charge in [-0.1, -0.05) is 22.9 Å². The predicted molar refractivity (Wildman–Crippen MR) is 73.0 cm³/mol. The number of rotatable bonds is 1. The maximum atomic E-state index is 12.7. The molecule has 2 spiro atoms. The molecule has 3 saturated carbocycles. The molecule has 0 radical (unpaired) electrons. The van der Waals surface area contributed by atoms with Crippen LogP contribution in [0.1, 0.15) is 20.8 Å². The van der Waals surface area contributed by atoms with Crippen LogP contribution >= 0.6 is 15.9 Å². The Bertz CT molecular complexity index is 654. The van der Waals surface area contributed by atoms with Gasteiger partial charge in [0.15, 0.2) is 28.7 Å². The second-order valence-electron chi connectivity index (χ2n) is 8.12. The van der Waals surface area contributed by atoms with Gasteiger partial charge in [-0.25, -0.2) is 0 Å². The van der Waals surface area contributed by atoms with Crippen LogP contribution in [0.3, 0.4) is 0 Å². The number of aliphatic hydroxyl groups is 1. The molecule has 1 N–H and O–H groups in total. The van der Waals surface area contributed by atoms with Crippen molar-refractivity contribution in [2.75, 3.05) is 5.33 Å². The van der Waals surface area contributed by atoms with Crippen molar-refractivity contribution in [1.82, 2.24) is 0 Å². The van der Waals surface area contributed by atoms with Crippen molar-refractivity contribution in [1.29, 1.82) is 0 Å². The lowest BCUT2D eigenvalue weighted by Crippen LogP contribution is -2.90. The maximum Gasteiger partial charge on any atom is 0.199 e. The molecule has 21 heavy (non-hydrogen) atoms. The van der Waals surface area contributed by atoms with Crippen molar-refractivity contribution in [3.63, 3.8) is 0 Å². The molecule has 3 aliphatic carbocycles. The third-order valence-corrected chi connectivity index (χ3v) is 8.93. The summed E-state index contributed by atoms with van der Waals surface area (Å²) in [6.45, 7) is 5.96. The Morgan fingerprint density at radius 2 is 1.95 bits per heavy atom. The molecule has 0 aromatic carbocycles. The summed E-state index contributed by atoms with van der Waals surface area (Å²) in [6, 6.07) is 0. The molecule has 0 aromatic heterocycles. The number of ether oxygens (including phenoxy) is 3. The first-order valence-electron chi connectivity index (χ1n) is 7.65. The average Bonchev–Trinajstić information content (AvgIpc) is 2.69. The van der Waals surface area contributed by atoms with E-state index in [0.29, 0.717) is 5.33 Å². The van der Waals surface area contributed by atoms with Gasteiger partial charge in [0.1, 0.15) is 11.7 Å². The molecule has 5 heterocycles. The summed E-state index contributed by atoms with van der Waals surface area (Å²) in [6.07, 6.45) is -0.887. The van der Waals surface area contributed by atoms with Gasteiger partial charge in [-0.2, -0.15) is 0 Å². The summed E-state index contributed by atoms with van der Waals surface area (Å²) >= 11 is 3.58. The molecule has 0 aromatic rings. The lowest BCUT2D eigenvalue weighted by atomic mass is 9.45. The van der Waals surface area contributed by atoms with Crippen molar-refractivity contribution in [2.45, 2.75) is 61.0 Å². The number of ketones is 1. The van der Waals surface area contributed by atoms with Gasteiger partial charge in [-0.05, 0) is 19.8 Å². The highest BCUT2D eigenvalue weighted by Gasteiger charge is 3.09. The Morgan fingerprint density at radius 3 is 2.57 bits per heavy atom. The van der Waals surface area contributed by atoms with Crippen LogP contribution in [0, 0.1) is 17.8 Å². The molecule has 6 bridgehead atoms. The van der Waals surface area contributed by atoms with Gasteiger partial charge >= 0.3 is 0 Å². The largest absolute Gasteiger partial charge is 0.386 e. The first-order valence-corrected chi connectivity index (χ1v) is 8.77. The summed E-state index contributed by atoms with van der Waals surface area (Å²) in [7, 11) is 0. The topological polar surface area (TPSA) is 65.0 Å². The molecule has 8 aliphatic rings. The second-order valence-corrected chi connectivity index (χ2v) is 8.68. The highest BCUT2D eigenvalue weighted by Crippen LogP contribution is 2.87. The van der Waals surface area contributed by atoms with Crippen molar-refractivity contribution >= 4 is 21.7 Å². The molecule has 0 amide bonds. The monoisotopic (exact) mass is 356 g/mol. The Hall–Kier alpha value is -0.01000. The number of hydrogen-bond acceptors (Lipinski definition) is 5. The number of carbonyl (C=O) groups excluding carboxylic acids is 1. The van der Waals surface area contributed by atoms with Crippen LogP contribution in [-0.2, 0) is 19.0 Å². The maximum absolute atomic E-state index is 12.7. The number of hydrogen-bond donors (Lipinski definition) is 1. The summed E-state index contributed by atoms with van der Waals surface area (Å²) in [5, 5.41) is 12.2. The summed E-state index contributed by atoms with van der Waals surface area (Å²) in [5.41, 5.74) is -3.98. The van der Waals surface area contributed by atoms with Gasteiger partial charge in [0.2, 0.25) is 0 Å². The van der Waals surface area contributed by atoms with Crippen LogP contribution in [0.15, 0.2) is 0 Å². The summed E-state index contributed by atoms with van der Waals surface area (Å²) in [5.74, 6) is 0.267. The molecular weight excluding hydrogens is 340 g/mol. The van der Waals surface area contributed by atoms with Crippen LogP contribution < -0.4 is 0 Å². The number of carbonyl (C=O) groups is 1. The lowest BCUT2D eigenvalue weighted by molar-refractivity contribution is -0.472. The number of halogens is 1. The van der Waals surface area contributed by atoms with E-state index in [9.17, 15) is 9.90 Å². The Labute approximate surface area is 130 Å². The lowest BCUT2D eigenvalue weighted by Gasteiger charge is -2.73. The van der Waals surface area contributed by atoms with E-state index in [1.165, 1.54) is 0 Å². The van der Waals surface area contributed by atoms with Crippen LogP contribution in [0.4, 0.5) is 0 Å². The Morgan fingerprint density at radius 1 is 1.24 bits per heavy atom. The normalized spacial score (nSPS) is 78.0.